The van der Waals surface area contributed by atoms with Crippen LogP contribution < -0.4 is 10.0 Å². The van der Waals surface area contributed by atoms with Crippen LogP contribution in [-0.2, 0) is 17.1 Å². The molecule has 1 aromatic rings. The molecule has 118 valence electrons. The molecule has 21 heavy (non-hydrogen) atoms. The van der Waals surface area contributed by atoms with Crippen LogP contribution in [0.15, 0.2) is 17.6 Å². The summed E-state index contributed by atoms with van der Waals surface area (Å²) in [6, 6.07) is 0. The van der Waals surface area contributed by atoms with E-state index in [1.54, 1.807) is 7.05 Å². The van der Waals surface area contributed by atoms with Gasteiger partial charge in [0.15, 0.2) is 5.03 Å². The van der Waals surface area contributed by atoms with Gasteiger partial charge in [-0.2, -0.15) is 13.2 Å². The number of hydrogen-bond donors (Lipinski definition) is 2. The first kappa shape index (κ1) is 14.8. The fourth-order valence-corrected chi connectivity index (χ4v) is 4.27. The van der Waals surface area contributed by atoms with E-state index < -0.39 is 27.0 Å². The van der Waals surface area contributed by atoms with Crippen molar-refractivity contribution in [2.24, 2.45) is 17.9 Å². The Morgan fingerprint density at radius 3 is 2.71 bits per heavy atom. The zero-order valence-electron chi connectivity index (χ0n) is 11.2. The fourth-order valence-electron chi connectivity index (χ4n) is 3.16. The molecule has 0 bridgehead atoms. The van der Waals surface area contributed by atoms with Crippen LogP contribution in [0.25, 0.3) is 0 Å². The highest BCUT2D eigenvalue weighted by Gasteiger charge is 2.81. The third kappa shape index (κ3) is 2.08. The van der Waals surface area contributed by atoms with E-state index in [-0.39, 0.29) is 31.1 Å². The lowest BCUT2D eigenvalue weighted by molar-refractivity contribution is -0.190. The molecule has 2 aliphatic rings. The molecule has 0 amide bonds. The number of imidazole rings is 1. The van der Waals surface area contributed by atoms with Gasteiger partial charge in [0, 0.05) is 38.3 Å². The highest BCUT2D eigenvalue weighted by Crippen LogP contribution is 2.72. The van der Waals surface area contributed by atoms with E-state index in [2.05, 4.69) is 15.0 Å². The van der Waals surface area contributed by atoms with E-state index in [4.69, 9.17) is 0 Å². The zero-order chi connectivity index (χ0) is 15.5. The molecule has 0 radical (unpaired) electrons. The van der Waals surface area contributed by atoms with Gasteiger partial charge in [0.05, 0.1) is 11.7 Å². The van der Waals surface area contributed by atoms with E-state index in [1.807, 2.05) is 0 Å². The van der Waals surface area contributed by atoms with E-state index in [1.165, 1.54) is 17.1 Å². The highest BCUT2D eigenvalue weighted by molar-refractivity contribution is 7.89. The topological polar surface area (TPSA) is 76.0 Å². The lowest BCUT2D eigenvalue weighted by atomic mass is 9.96. The number of fused-ring (bicyclic) bond motifs is 1. The molecule has 0 spiro atoms. The number of nitrogens with zero attached hydrogens (tertiary/aromatic N) is 2. The minimum atomic E-state index is -4.33. The maximum Gasteiger partial charge on any atom is 0.396 e. The predicted molar refractivity (Wildman–Crippen MR) is 66.8 cm³/mol. The van der Waals surface area contributed by atoms with Crippen LogP contribution >= 0.6 is 0 Å². The first-order valence-electron chi connectivity index (χ1n) is 6.37. The monoisotopic (exact) mass is 324 g/mol. The molecule has 10 heteroatoms. The lowest BCUT2D eigenvalue weighted by Gasteiger charge is -2.20. The number of nitrogens with one attached hydrogen (secondary N) is 2. The molecule has 0 aromatic carbocycles. The lowest BCUT2D eigenvalue weighted by Crippen LogP contribution is -2.37. The second-order valence-corrected chi connectivity index (χ2v) is 7.56. The SMILES string of the molecule is Cn1cnc(S(=O)(=O)NC[C@@]23CNC[C@]2(C(F)(F)F)C3)c1. The van der Waals surface area contributed by atoms with Crippen LogP contribution in [0.3, 0.4) is 0 Å². The van der Waals surface area contributed by atoms with Crippen LogP contribution in [0.4, 0.5) is 13.2 Å². The fraction of sp³-hybridized carbons (Fsp3) is 0.727. The number of aryl methyl sites for hydroxylation is 1. The average molecular weight is 324 g/mol. The Morgan fingerprint density at radius 1 is 1.48 bits per heavy atom. The summed E-state index contributed by atoms with van der Waals surface area (Å²) in [6.45, 7) is -0.225. The molecule has 1 aromatic heterocycles. The van der Waals surface area contributed by atoms with Crippen LogP contribution in [0, 0.1) is 10.8 Å². The molecule has 1 saturated carbocycles. The van der Waals surface area contributed by atoms with Gasteiger partial charge in [0.2, 0.25) is 0 Å². The molecule has 1 saturated heterocycles. The summed E-state index contributed by atoms with van der Waals surface area (Å²) in [6.07, 6.45) is -1.74. The third-order valence-electron chi connectivity index (χ3n) is 4.52. The summed E-state index contributed by atoms with van der Waals surface area (Å²) in [7, 11) is -2.28. The molecular weight excluding hydrogens is 309 g/mol. The van der Waals surface area contributed by atoms with Crippen molar-refractivity contribution < 1.29 is 21.6 Å². The summed E-state index contributed by atoms with van der Waals surface area (Å²) in [4.78, 5) is 3.71. The second-order valence-electron chi connectivity index (χ2n) is 5.84. The van der Waals surface area contributed by atoms with Gasteiger partial charge < -0.3 is 9.88 Å². The standard InChI is InChI=1S/C11H15F3N4O2S/c1-18-2-8(16-7-18)21(19,20)17-5-9-3-10(9,6-15-4-9)11(12,13)14/h2,7,15,17H,3-6H2,1H3/t9-,10-/m1/s1. The van der Waals surface area contributed by atoms with Crippen molar-refractivity contribution in [1.29, 1.82) is 0 Å². The van der Waals surface area contributed by atoms with Crippen molar-refractivity contribution in [3.63, 3.8) is 0 Å². The summed E-state index contributed by atoms with van der Waals surface area (Å²) < 4.78 is 67.2. The smallest absolute Gasteiger partial charge is 0.339 e. The van der Waals surface area contributed by atoms with Gasteiger partial charge in [-0.1, -0.05) is 0 Å². The molecular formula is C11H15F3N4O2S. The quantitative estimate of drug-likeness (QED) is 0.832. The van der Waals surface area contributed by atoms with Crippen molar-refractivity contribution in [2.75, 3.05) is 19.6 Å². The molecule has 6 nitrogen and oxygen atoms in total. The number of hydrogen-bond acceptors (Lipinski definition) is 4. The van der Waals surface area contributed by atoms with Crippen LogP contribution in [-0.4, -0.2) is 43.8 Å². The van der Waals surface area contributed by atoms with E-state index in [0.717, 1.165) is 0 Å². The molecule has 3 rings (SSSR count). The minimum absolute atomic E-state index is 0.0404. The van der Waals surface area contributed by atoms with Crippen molar-refractivity contribution in [3.05, 3.63) is 12.5 Å². The molecule has 1 aliphatic heterocycles. The normalized spacial score (nSPS) is 32.2. The number of rotatable bonds is 4. The Labute approximate surface area is 119 Å². The highest BCUT2D eigenvalue weighted by atomic mass is 32.2. The van der Waals surface area contributed by atoms with Crippen molar-refractivity contribution >= 4 is 10.0 Å². The number of halogens is 3. The molecule has 2 atom stereocenters. The number of piperidine rings is 1. The predicted octanol–water partition coefficient (Wildman–Crippen LogP) is 0.240. The Balaban J connectivity index is 1.75. The van der Waals surface area contributed by atoms with Gasteiger partial charge in [-0.3, -0.25) is 0 Å². The number of sulfonamides is 1. The van der Waals surface area contributed by atoms with E-state index >= 15 is 0 Å². The first-order chi connectivity index (χ1) is 9.62. The van der Waals surface area contributed by atoms with Crippen LogP contribution in [0.1, 0.15) is 6.42 Å². The van der Waals surface area contributed by atoms with Gasteiger partial charge in [-0.15, -0.1) is 0 Å². The van der Waals surface area contributed by atoms with E-state index in [0.29, 0.717) is 0 Å². The summed E-state index contributed by atoms with van der Waals surface area (Å²) in [5.74, 6) is 0. The van der Waals surface area contributed by atoms with Gasteiger partial charge in [0.25, 0.3) is 10.0 Å². The van der Waals surface area contributed by atoms with Gasteiger partial charge in [-0.05, 0) is 6.42 Å². The van der Waals surface area contributed by atoms with Gasteiger partial charge in [-0.25, -0.2) is 18.1 Å². The summed E-state index contributed by atoms with van der Waals surface area (Å²) in [5, 5.41) is 2.53. The Hall–Kier alpha value is -1.13. The van der Waals surface area contributed by atoms with Crippen LogP contribution in [0.2, 0.25) is 0 Å². The molecule has 1 aliphatic carbocycles. The molecule has 0 unspecified atom stereocenters. The van der Waals surface area contributed by atoms with Crippen molar-refractivity contribution in [3.8, 4) is 0 Å². The number of alkyl halides is 3. The van der Waals surface area contributed by atoms with E-state index in [9.17, 15) is 21.6 Å². The third-order valence-corrected chi connectivity index (χ3v) is 5.81. The summed E-state index contributed by atoms with van der Waals surface area (Å²) >= 11 is 0. The van der Waals surface area contributed by atoms with Gasteiger partial charge in [0.1, 0.15) is 0 Å². The van der Waals surface area contributed by atoms with Crippen LogP contribution in [0.5, 0.6) is 0 Å². The maximum atomic E-state index is 13.1. The van der Waals surface area contributed by atoms with Crippen molar-refractivity contribution in [1.82, 2.24) is 19.6 Å². The maximum absolute atomic E-state index is 13.1. The molecule has 2 fully saturated rings. The minimum Gasteiger partial charge on any atom is -0.339 e. The van der Waals surface area contributed by atoms with Gasteiger partial charge >= 0.3 is 6.18 Å². The van der Waals surface area contributed by atoms with Crippen molar-refractivity contribution in [2.45, 2.75) is 17.6 Å². The first-order valence-corrected chi connectivity index (χ1v) is 7.85. The Kier molecular flexibility index (Phi) is 2.96. The zero-order valence-corrected chi connectivity index (χ0v) is 12.1. The number of aromatic nitrogens is 2. The molecule has 2 heterocycles. The largest absolute Gasteiger partial charge is 0.396 e. The summed E-state index contributed by atoms with van der Waals surface area (Å²) in [5.41, 5.74) is -2.88. The average Bonchev–Trinajstić information content (AvgIpc) is 2.72. The second kappa shape index (κ2) is 4.20. The Morgan fingerprint density at radius 2 is 2.19 bits per heavy atom. The Bertz CT molecular complexity index is 671. The molecule has 2 N–H and O–H groups in total.